The molecule has 3 N–H and O–H groups in total. The van der Waals surface area contributed by atoms with E-state index in [-0.39, 0.29) is 18.3 Å². The lowest BCUT2D eigenvalue weighted by molar-refractivity contribution is -0.384. The van der Waals surface area contributed by atoms with Crippen LogP contribution in [0.3, 0.4) is 0 Å². The molecule has 1 heterocycles. The van der Waals surface area contributed by atoms with Crippen LogP contribution >= 0.6 is 0 Å². The number of nitrogens with two attached hydrogens (primary N) is 1. The largest absolute Gasteiger partial charge is 0.373 e. The first-order valence-electron chi connectivity index (χ1n) is 5.74. The number of carbonyl (C=O) groups is 1. The van der Waals surface area contributed by atoms with Gasteiger partial charge in [0.25, 0.3) is 5.69 Å². The molecule has 0 saturated heterocycles. The minimum absolute atomic E-state index is 0.0466. The fraction of sp³-hybridized carbons (Fsp3) is 0.455. The monoisotopic (exact) mass is 267 g/mol. The van der Waals surface area contributed by atoms with Crippen molar-refractivity contribution in [3.63, 3.8) is 0 Å². The fourth-order valence-electron chi connectivity index (χ4n) is 1.58. The number of carbonyl (C=O) groups excluding carboxylic acids is 1. The highest BCUT2D eigenvalue weighted by Gasteiger charge is 2.19. The smallest absolute Gasteiger partial charge is 0.276 e. The van der Waals surface area contributed by atoms with E-state index in [1.165, 1.54) is 12.1 Å². The van der Waals surface area contributed by atoms with Crippen LogP contribution in [0.25, 0.3) is 0 Å². The van der Waals surface area contributed by atoms with Crippen molar-refractivity contribution in [1.29, 1.82) is 0 Å². The number of nitro groups is 1. The molecule has 0 aliphatic carbocycles. The van der Waals surface area contributed by atoms with E-state index < -0.39 is 10.8 Å². The third kappa shape index (κ3) is 3.80. The zero-order valence-electron chi connectivity index (χ0n) is 11.1. The second-order valence-electron chi connectivity index (χ2n) is 4.26. The molecule has 8 heteroatoms. The molecule has 1 rings (SSSR count). The van der Waals surface area contributed by atoms with Crippen molar-refractivity contribution in [2.75, 3.05) is 23.8 Å². The molecule has 0 saturated carbocycles. The van der Waals surface area contributed by atoms with Crippen LogP contribution < -0.4 is 16.0 Å². The normalized spacial score (nSPS) is 10.3. The van der Waals surface area contributed by atoms with E-state index in [1.54, 1.807) is 11.9 Å². The van der Waals surface area contributed by atoms with E-state index in [0.717, 1.165) is 0 Å². The Hall–Kier alpha value is -2.38. The molecule has 0 bridgehead atoms. The first-order valence-corrected chi connectivity index (χ1v) is 5.74. The van der Waals surface area contributed by atoms with Gasteiger partial charge < -0.3 is 16.0 Å². The predicted octanol–water partition coefficient (Wildman–Crippen LogP) is 0.732. The molecule has 1 aromatic rings. The summed E-state index contributed by atoms with van der Waals surface area (Å²) < 4.78 is 0. The van der Waals surface area contributed by atoms with Crippen LogP contribution in [0.4, 0.5) is 17.3 Å². The maximum atomic E-state index is 11.1. The average Bonchev–Trinajstić information content (AvgIpc) is 2.34. The zero-order valence-corrected chi connectivity index (χ0v) is 11.1. The van der Waals surface area contributed by atoms with Gasteiger partial charge in [0.2, 0.25) is 5.91 Å². The highest BCUT2D eigenvalue weighted by Crippen LogP contribution is 2.24. The number of anilines is 2. The van der Waals surface area contributed by atoms with Gasteiger partial charge >= 0.3 is 0 Å². The van der Waals surface area contributed by atoms with Crippen LogP contribution in [0.2, 0.25) is 0 Å². The van der Waals surface area contributed by atoms with Gasteiger partial charge in [-0.05, 0) is 13.8 Å². The molecule has 1 amide bonds. The van der Waals surface area contributed by atoms with Crippen LogP contribution in [-0.4, -0.2) is 35.4 Å². The summed E-state index contributed by atoms with van der Waals surface area (Å²) in [7, 11) is 1.61. The van der Waals surface area contributed by atoms with Gasteiger partial charge in [-0.2, -0.15) is 0 Å². The lowest BCUT2D eigenvalue weighted by Crippen LogP contribution is -2.39. The molecule has 0 atom stereocenters. The van der Waals surface area contributed by atoms with E-state index in [1.807, 2.05) is 13.8 Å². The molecule has 0 aliphatic heterocycles. The summed E-state index contributed by atoms with van der Waals surface area (Å²) in [4.78, 5) is 27.3. The Morgan fingerprint density at radius 3 is 2.63 bits per heavy atom. The van der Waals surface area contributed by atoms with Crippen LogP contribution in [-0.2, 0) is 4.79 Å². The molecule has 104 valence electrons. The standard InChI is InChI=1S/C11H17N5O3/c1-7(2)15(6-9(12)17)11-5-8(16(18)19)4-10(13-3)14-11/h4-5,7H,6H2,1-3H3,(H2,12,17)(H,13,14). The molecule has 0 aliphatic rings. The van der Waals surface area contributed by atoms with E-state index >= 15 is 0 Å². The van der Waals surface area contributed by atoms with Crippen LogP contribution in [0.15, 0.2) is 12.1 Å². The topological polar surface area (TPSA) is 114 Å². The molecule has 0 aromatic carbocycles. The molecule has 19 heavy (non-hydrogen) atoms. The summed E-state index contributed by atoms with van der Waals surface area (Å²) in [5.74, 6) is 0.180. The van der Waals surface area contributed by atoms with Crippen LogP contribution in [0.1, 0.15) is 13.8 Å². The van der Waals surface area contributed by atoms with Crippen LogP contribution in [0, 0.1) is 10.1 Å². The Kier molecular flexibility index (Phi) is 4.62. The molecular weight excluding hydrogens is 250 g/mol. The number of nitrogens with zero attached hydrogens (tertiary/aromatic N) is 3. The maximum absolute atomic E-state index is 11.1. The van der Waals surface area contributed by atoms with Crippen molar-refractivity contribution >= 4 is 23.2 Å². The predicted molar refractivity (Wildman–Crippen MR) is 72.1 cm³/mol. The van der Waals surface area contributed by atoms with E-state index in [4.69, 9.17) is 5.73 Å². The summed E-state index contributed by atoms with van der Waals surface area (Å²) >= 11 is 0. The maximum Gasteiger partial charge on any atom is 0.276 e. The Labute approximate surface area is 110 Å². The molecule has 8 nitrogen and oxygen atoms in total. The number of nitrogens with one attached hydrogen (secondary N) is 1. The second kappa shape index (κ2) is 5.98. The number of aromatic nitrogens is 1. The van der Waals surface area contributed by atoms with Crippen molar-refractivity contribution in [3.8, 4) is 0 Å². The van der Waals surface area contributed by atoms with Gasteiger partial charge in [-0.15, -0.1) is 0 Å². The SMILES string of the molecule is CNc1cc([N+](=O)[O-])cc(N(CC(N)=O)C(C)C)n1. The van der Waals surface area contributed by atoms with E-state index in [9.17, 15) is 14.9 Å². The number of amides is 1. The van der Waals surface area contributed by atoms with Crippen molar-refractivity contribution < 1.29 is 9.72 Å². The molecule has 1 aromatic heterocycles. The first-order chi connectivity index (χ1) is 8.85. The van der Waals surface area contributed by atoms with Crippen molar-refractivity contribution in [3.05, 3.63) is 22.2 Å². The van der Waals surface area contributed by atoms with Crippen molar-refractivity contribution in [2.24, 2.45) is 5.73 Å². The Bertz CT molecular complexity index is 489. The molecule has 0 fully saturated rings. The quantitative estimate of drug-likeness (QED) is 0.580. The Balaban J connectivity index is 3.24. The summed E-state index contributed by atoms with van der Waals surface area (Å²) in [6.45, 7) is 3.65. The van der Waals surface area contributed by atoms with Gasteiger partial charge in [-0.3, -0.25) is 14.9 Å². The number of rotatable bonds is 6. The molecular formula is C11H17N5O3. The van der Waals surface area contributed by atoms with Gasteiger partial charge in [0.05, 0.1) is 23.6 Å². The van der Waals surface area contributed by atoms with Crippen molar-refractivity contribution in [1.82, 2.24) is 4.98 Å². The van der Waals surface area contributed by atoms with Gasteiger partial charge in [-0.1, -0.05) is 0 Å². The highest BCUT2D eigenvalue weighted by atomic mass is 16.6. The Morgan fingerprint density at radius 2 is 2.21 bits per heavy atom. The fourth-order valence-corrected chi connectivity index (χ4v) is 1.58. The number of hydrogen-bond acceptors (Lipinski definition) is 6. The van der Waals surface area contributed by atoms with Gasteiger partial charge in [0.15, 0.2) is 0 Å². The minimum atomic E-state index is -0.520. The van der Waals surface area contributed by atoms with Crippen LogP contribution in [0.5, 0.6) is 0 Å². The first kappa shape index (κ1) is 14.7. The molecule has 0 unspecified atom stereocenters. The molecule has 0 spiro atoms. The van der Waals surface area contributed by atoms with Crippen molar-refractivity contribution in [2.45, 2.75) is 19.9 Å². The highest BCUT2D eigenvalue weighted by molar-refractivity contribution is 5.79. The summed E-state index contributed by atoms with van der Waals surface area (Å²) in [5.41, 5.74) is 5.09. The lowest BCUT2D eigenvalue weighted by atomic mass is 10.2. The second-order valence-corrected chi connectivity index (χ2v) is 4.26. The lowest BCUT2D eigenvalue weighted by Gasteiger charge is -2.26. The molecule has 0 radical (unpaired) electrons. The number of primary amides is 1. The van der Waals surface area contributed by atoms with Gasteiger partial charge in [0.1, 0.15) is 11.6 Å². The Morgan fingerprint density at radius 1 is 1.58 bits per heavy atom. The van der Waals surface area contributed by atoms with E-state index in [2.05, 4.69) is 10.3 Å². The third-order valence-electron chi connectivity index (χ3n) is 2.51. The van der Waals surface area contributed by atoms with Gasteiger partial charge in [0, 0.05) is 13.1 Å². The summed E-state index contributed by atoms with van der Waals surface area (Å²) in [6.07, 6.45) is 0. The van der Waals surface area contributed by atoms with E-state index in [0.29, 0.717) is 11.6 Å². The number of pyridine rings is 1. The minimum Gasteiger partial charge on any atom is -0.373 e. The zero-order chi connectivity index (χ0) is 14.6. The summed E-state index contributed by atoms with van der Waals surface area (Å²) in [6, 6.07) is 2.59. The average molecular weight is 267 g/mol. The third-order valence-corrected chi connectivity index (χ3v) is 2.51. The van der Waals surface area contributed by atoms with Gasteiger partial charge in [-0.25, -0.2) is 4.98 Å². The summed E-state index contributed by atoms with van der Waals surface area (Å²) in [5, 5.41) is 13.6. The number of hydrogen-bond donors (Lipinski definition) is 2.